The zero-order valence-corrected chi connectivity index (χ0v) is 18.1. The van der Waals surface area contributed by atoms with Gasteiger partial charge in [0.2, 0.25) is 5.95 Å². The molecule has 1 aromatic carbocycles. The maximum Gasteiger partial charge on any atom is 0.573 e. The number of benzene rings is 1. The third-order valence-electron chi connectivity index (χ3n) is 4.49. The molecule has 0 aliphatic carbocycles. The van der Waals surface area contributed by atoms with Gasteiger partial charge in [-0.15, -0.1) is 13.2 Å². The number of pyridine rings is 1. The van der Waals surface area contributed by atoms with Crippen molar-refractivity contribution in [3.63, 3.8) is 0 Å². The first-order valence-corrected chi connectivity index (χ1v) is 10.1. The molecular formula is C21H17BrF3N5O. The van der Waals surface area contributed by atoms with Crippen molar-refractivity contribution in [2.75, 3.05) is 5.32 Å². The molecule has 3 aromatic heterocycles. The van der Waals surface area contributed by atoms with Crippen molar-refractivity contribution in [2.24, 2.45) is 0 Å². The van der Waals surface area contributed by atoms with Crippen molar-refractivity contribution in [2.45, 2.75) is 26.3 Å². The van der Waals surface area contributed by atoms with E-state index in [2.05, 4.69) is 59.4 Å². The number of anilines is 2. The molecular weight excluding hydrogens is 475 g/mol. The van der Waals surface area contributed by atoms with E-state index in [1.54, 1.807) is 24.5 Å². The highest BCUT2D eigenvalue weighted by Crippen LogP contribution is 2.33. The largest absolute Gasteiger partial charge is 0.573 e. The fourth-order valence-corrected chi connectivity index (χ4v) is 3.73. The molecule has 0 aliphatic heterocycles. The maximum absolute atomic E-state index is 12.6. The summed E-state index contributed by atoms with van der Waals surface area (Å²) in [6, 6.07) is 8.00. The van der Waals surface area contributed by atoms with Crippen LogP contribution in [0.25, 0.3) is 22.2 Å². The Morgan fingerprint density at radius 2 is 1.94 bits per heavy atom. The Morgan fingerprint density at radius 3 is 2.68 bits per heavy atom. The van der Waals surface area contributed by atoms with Crippen molar-refractivity contribution in [1.29, 1.82) is 0 Å². The van der Waals surface area contributed by atoms with E-state index in [0.717, 1.165) is 16.5 Å². The second-order valence-corrected chi connectivity index (χ2v) is 7.97. The molecule has 0 saturated carbocycles. The molecule has 10 heteroatoms. The van der Waals surface area contributed by atoms with Gasteiger partial charge in [0.05, 0.1) is 17.4 Å². The average molecular weight is 492 g/mol. The Bertz CT molecular complexity index is 1240. The zero-order chi connectivity index (χ0) is 22.2. The second kappa shape index (κ2) is 8.18. The van der Waals surface area contributed by atoms with Crippen LogP contribution in [0, 0.1) is 0 Å². The third kappa shape index (κ3) is 4.79. The Kier molecular flexibility index (Phi) is 5.57. The van der Waals surface area contributed by atoms with Gasteiger partial charge in [-0.05, 0) is 38.1 Å². The summed E-state index contributed by atoms with van der Waals surface area (Å²) in [6.45, 7) is 4.16. The van der Waals surface area contributed by atoms with Gasteiger partial charge in [0.1, 0.15) is 5.75 Å². The molecule has 0 aliphatic rings. The van der Waals surface area contributed by atoms with E-state index in [1.165, 1.54) is 12.1 Å². The molecule has 4 aromatic rings. The predicted molar refractivity (Wildman–Crippen MR) is 115 cm³/mol. The Balaban J connectivity index is 1.69. The molecule has 0 unspecified atom stereocenters. The summed E-state index contributed by atoms with van der Waals surface area (Å²) in [5, 5.41) is 3.94. The minimum Gasteiger partial charge on any atom is -0.406 e. The number of alkyl halides is 3. The molecule has 0 saturated heterocycles. The van der Waals surface area contributed by atoms with Gasteiger partial charge in [-0.2, -0.15) is 0 Å². The van der Waals surface area contributed by atoms with Crippen molar-refractivity contribution in [3.05, 3.63) is 59.6 Å². The quantitative estimate of drug-likeness (QED) is 0.346. The number of rotatable bonds is 5. The number of nitrogens with zero attached hydrogens (tertiary/aromatic N) is 4. The fraction of sp³-hybridized carbons (Fsp3) is 0.190. The number of hydrogen-bond acceptors (Lipinski definition) is 5. The molecule has 0 bridgehead atoms. The maximum atomic E-state index is 12.6. The van der Waals surface area contributed by atoms with Crippen LogP contribution in [0.15, 0.2) is 59.6 Å². The van der Waals surface area contributed by atoms with Crippen LogP contribution in [0.3, 0.4) is 0 Å². The van der Waals surface area contributed by atoms with Gasteiger partial charge in [0.15, 0.2) is 0 Å². The molecule has 0 fully saturated rings. The highest BCUT2D eigenvalue weighted by molar-refractivity contribution is 9.10. The standard InChI is InChI=1S/C21H17BrF3N5O/c1-12(2)30-11-17(16-3-5-26-10-19(16)30)18-4-6-27-20(29-18)28-14-7-13(22)8-15(9-14)31-21(23,24)25/h3-12H,1-2H3,(H,27,28,29). The van der Waals surface area contributed by atoms with Crippen LogP contribution in [0.4, 0.5) is 24.8 Å². The van der Waals surface area contributed by atoms with Crippen LogP contribution in [-0.2, 0) is 0 Å². The number of halogens is 4. The lowest BCUT2D eigenvalue weighted by molar-refractivity contribution is -0.274. The lowest BCUT2D eigenvalue weighted by Gasteiger charge is -2.12. The van der Waals surface area contributed by atoms with Crippen LogP contribution in [0.5, 0.6) is 5.75 Å². The monoisotopic (exact) mass is 491 g/mol. The number of nitrogens with one attached hydrogen (secondary N) is 1. The molecule has 0 spiro atoms. The molecule has 4 rings (SSSR count). The summed E-state index contributed by atoms with van der Waals surface area (Å²) in [5.74, 6) is -0.110. The van der Waals surface area contributed by atoms with Gasteiger partial charge in [-0.3, -0.25) is 4.98 Å². The van der Waals surface area contributed by atoms with E-state index >= 15 is 0 Å². The lowest BCUT2D eigenvalue weighted by atomic mass is 10.1. The van der Waals surface area contributed by atoms with Crippen molar-refractivity contribution < 1.29 is 17.9 Å². The first-order valence-electron chi connectivity index (χ1n) is 9.31. The molecule has 0 radical (unpaired) electrons. The van der Waals surface area contributed by atoms with E-state index in [4.69, 9.17) is 0 Å². The van der Waals surface area contributed by atoms with Crippen LogP contribution >= 0.6 is 15.9 Å². The molecule has 6 nitrogen and oxygen atoms in total. The summed E-state index contributed by atoms with van der Waals surface area (Å²) < 4.78 is 44.2. The van der Waals surface area contributed by atoms with Crippen LogP contribution in [0.2, 0.25) is 0 Å². The minimum absolute atomic E-state index is 0.230. The minimum atomic E-state index is -4.78. The molecule has 0 amide bonds. The summed E-state index contributed by atoms with van der Waals surface area (Å²) in [4.78, 5) is 13.0. The first kappa shape index (κ1) is 21.1. The van der Waals surface area contributed by atoms with Gasteiger partial charge >= 0.3 is 6.36 Å². The Morgan fingerprint density at radius 1 is 1.13 bits per heavy atom. The number of hydrogen-bond donors (Lipinski definition) is 1. The fourth-order valence-electron chi connectivity index (χ4n) is 3.25. The van der Waals surface area contributed by atoms with Gasteiger partial charge in [-0.25, -0.2) is 9.97 Å². The molecule has 1 N–H and O–H groups in total. The Hall–Kier alpha value is -3.14. The highest BCUT2D eigenvalue weighted by Gasteiger charge is 2.31. The van der Waals surface area contributed by atoms with E-state index in [9.17, 15) is 13.2 Å². The topological polar surface area (TPSA) is 64.9 Å². The smallest absolute Gasteiger partial charge is 0.406 e. The van der Waals surface area contributed by atoms with Gasteiger partial charge in [-0.1, -0.05) is 15.9 Å². The molecule has 3 heterocycles. The SMILES string of the molecule is CC(C)n1cc(-c2ccnc(Nc3cc(Br)cc(OC(F)(F)F)c3)n2)c2ccncc21. The average Bonchev–Trinajstić information content (AvgIpc) is 3.06. The normalized spacial score (nSPS) is 11.8. The molecule has 0 atom stereocenters. The van der Waals surface area contributed by atoms with Crippen LogP contribution in [-0.4, -0.2) is 25.9 Å². The summed E-state index contributed by atoms with van der Waals surface area (Å²) >= 11 is 3.19. The van der Waals surface area contributed by atoms with Gasteiger partial charge in [0.25, 0.3) is 0 Å². The number of fused-ring (bicyclic) bond motifs is 1. The van der Waals surface area contributed by atoms with Crippen LogP contribution in [0.1, 0.15) is 19.9 Å². The summed E-state index contributed by atoms with van der Waals surface area (Å²) in [5.41, 5.74) is 2.92. The number of aromatic nitrogens is 4. The predicted octanol–water partition coefficient (Wildman–Crippen LogP) is 6.48. The zero-order valence-electron chi connectivity index (χ0n) is 16.5. The van der Waals surface area contributed by atoms with Gasteiger partial charge < -0.3 is 14.6 Å². The molecule has 31 heavy (non-hydrogen) atoms. The summed E-state index contributed by atoms with van der Waals surface area (Å²) in [7, 11) is 0. The van der Waals surface area contributed by atoms with Crippen molar-refractivity contribution in [3.8, 4) is 17.0 Å². The second-order valence-electron chi connectivity index (χ2n) is 7.05. The van der Waals surface area contributed by atoms with E-state index in [1.807, 2.05) is 18.5 Å². The third-order valence-corrected chi connectivity index (χ3v) is 4.94. The van der Waals surface area contributed by atoms with E-state index in [-0.39, 0.29) is 17.7 Å². The summed E-state index contributed by atoms with van der Waals surface area (Å²) in [6.07, 6.45) is 2.35. The highest BCUT2D eigenvalue weighted by atomic mass is 79.9. The Labute approximate surface area is 184 Å². The number of ether oxygens (including phenoxy) is 1. The lowest BCUT2D eigenvalue weighted by Crippen LogP contribution is -2.17. The molecule has 160 valence electrons. The van der Waals surface area contributed by atoms with E-state index in [0.29, 0.717) is 15.9 Å². The van der Waals surface area contributed by atoms with Crippen molar-refractivity contribution >= 4 is 38.5 Å². The van der Waals surface area contributed by atoms with E-state index < -0.39 is 6.36 Å². The van der Waals surface area contributed by atoms with Crippen molar-refractivity contribution in [1.82, 2.24) is 19.5 Å². The van der Waals surface area contributed by atoms with Crippen LogP contribution < -0.4 is 10.1 Å². The first-order chi connectivity index (χ1) is 14.7. The van der Waals surface area contributed by atoms with Gasteiger partial charge in [0, 0.05) is 51.8 Å².